The van der Waals surface area contributed by atoms with Gasteiger partial charge in [-0.15, -0.1) is 0 Å². The number of hydrogen-bond acceptors (Lipinski definition) is 5. The van der Waals surface area contributed by atoms with E-state index in [0.717, 1.165) is 100 Å². The van der Waals surface area contributed by atoms with E-state index in [1.54, 1.807) is 0 Å². The van der Waals surface area contributed by atoms with Crippen molar-refractivity contribution in [2.75, 3.05) is 0 Å². The van der Waals surface area contributed by atoms with Gasteiger partial charge in [0.15, 0.2) is 17.3 Å². The standard InChI is InChI=1S/C64H39N7/c1-66-55-29-17-16-28-51(55)47-31-34-53-52-33-30-46(50-27-15-14-26-49(50)41-65)37-61(52)71(62(53)38-47)60-35-32-48(64-68-56(42-18-6-2-7-19-42)39-57(69-64)43-20-8-3-9-21-43)36-54(60)59-40-58(44-22-10-4-11-23-44)67-63(70-59)45-24-12-5-13-25-45/h2-40H. The number of para-hydroxylation sites is 1. The molecule has 3 aromatic heterocycles. The van der Waals surface area contributed by atoms with E-state index < -0.39 is 0 Å². The Morgan fingerprint density at radius 2 is 0.803 bits per heavy atom. The highest BCUT2D eigenvalue weighted by Crippen LogP contribution is 2.43. The van der Waals surface area contributed by atoms with Gasteiger partial charge in [0.25, 0.3) is 0 Å². The second kappa shape index (κ2) is 18.2. The van der Waals surface area contributed by atoms with E-state index in [2.05, 4.69) is 119 Å². The molecule has 0 saturated heterocycles. The lowest BCUT2D eigenvalue weighted by molar-refractivity contribution is 1.14. The number of rotatable bonds is 9. The zero-order valence-corrected chi connectivity index (χ0v) is 38.1. The fourth-order valence-electron chi connectivity index (χ4n) is 9.48. The van der Waals surface area contributed by atoms with Crippen LogP contribution in [0.25, 0.3) is 122 Å². The van der Waals surface area contributed by atoms with E-state index in [1.165, 1.54) is 0 Å². The van der Waals surface area contributed by atoms with Crippen LogP contribution in [0.4, 0.5) is 5.69 Å². The summed E-state index contributed by atoms with van der Waals surface area (Å²) < 4.78 is 2.30. The molecule has 0 N–H and O–H groups in total. The summed E-state index contributed by atoms with van der Waals surface area (Å²) in [5, 5.41) is 12.3. The molecule has 0 bridgehead atoms. The molecule has 0 amide bonds. The summed E-state index contributed by atoms with van der Waals surface area (Å²) >= 11 is 0. The summed E-state index contributed by atoms with van der Waals surface area (Å²) in [4.78, 5) is 25.1. The van der Waals surface area contributed by atoms with Gasteiger partial charge in [0.1, 0.15) is 0 Å². The van der Waals surface area contributed by atoms with E-state index in [1.807, 2.05) is 133 Å². The van der Waals surface area contributed by atoms with Gasteiger partial charge >= 0.3 is 0 Å². The molecule has 0 fully saturated rings. The van der Waals surface area contributed by atoms with Crippen molar-refractivity contribution in [2.24, 2.45) is 0 Å². The molecule has 0 aliphatic heterocycles. The normalized spacial score (nSPS) is 11.1. The van der Waals surface area contributed by atoms with Gasteiger partial charge in [-0.2, -0.15) is 5.26 Å². The van der Waals surface area contributed by atoms with Gasteiger partial charge in [0.2, 0.25) is 0 Å². The Labute approximate surface area is 410 Å². The number of benzene rings is 9. The van der Waals surface area contributed by atoms with Crippen molar-refractivity contribution in [2.45, 2.75) is 0 Å². The van der Waals surface area contributed by atoms with Gasteiger partial charge in [-0.25, -0.2) is 24.8 Å². The van der Waals surface area contributed by atoms with Crippen LogP contribution in [-0.2, 0) is 0 Å². The lowest BCUT2D eigenvalue weighted by Gasteiger charge is -2.18. The Hall–Kier alpha value is -10.1. The molecule has 3 heterocycles. The maximum Gasteiger partial charge on any atom is 0.194 e. The van der Waals surface area contributed by atoms with Crippen LogP contribution < -0.4 is 0 Å². The topological polar surface area (TPSA) is 84.6 Å². The first kappa shape index (κ1) is 42.3. The minimum Gasteiger partial charge on any atom is -0.309 e. The summed E-state index contributed by atoms with van der Waals surface area (Å²) in [6.07, 6.45) is 0. The average molecular weight is 906 g/mol. The highest BCUT2D eigenvalue weighted by atomic mass is 15.0. The first-order valence-corrected chi connectivity index (χ1v) is 23.3. The smallest absolute Gasteiger partial charge is 0.194 e. The predicted molar refractivity (Wildman–Crippen MR) is 286 cm³/mol. The Morgan fingerprint density at radius 1 is 0.366 bits per heavy atom. The first-order valence-electron chi connectivity index (χ1n) is 23.3. The molecule has 71 heavy (non-hydrogen) atoms. The summed E-state index contributed by atoms with van der Waals surface area (Å²) in [6, 6.07) is 81.9. The van der Waals surface area contributed by atoms with Crippen LogP contribution in [0.2, 0.25) is 0 Å². The maximum atomic E-state index is 10.3. The Kier molecular flexibility index (Phi) is 10.8. The lowest BCUT2D eigenvalue weighted by atomic mass is 9.98. The van der Waals surface area contributed by atoms with Crippen LogP contribution in [0.1, 0.15) is 5.56 Å². The molecule has 9 aromatic carbocycles. The third-order valence-corrected chi connectivity index (χ3v) is 12.9. The SMILES string of the molecule is [C-]#[N+]c1ccccc1-c1ccc2c3ccc(-c4ccccc4C#N)cc3n(-c3ccc(-c4nc(-c5ccccc5)cc(-c5ccccc5)n4)cc3-c3cc(-c4ccccc4)nc(-c4ccccc4)n3)c2c1. The van der Waals surface area contributed by atoms with Gasteiger partial charge in [-0.1, -0.05) is 188 Å². The molecule has 7 heteroatoms. The predicted octanol–water partition coefficient (Wildman–Crippen LogP) is 16.1. The Morgan fingerprint density at radius 3 is 1.35 bits per heavy atom. The molecule has 330 valence electrons. The molecular weight excluding hydrogens is 867 g/mol. The minimum atomic E-state index is 0.564. The Bertz CT molecular complexity index is 3830. The largest absolute Gasteiger partial charge is 0.309 e. The van der Waals surface area contributed by atoms with E-state index in [-0.39, 0.29) is 0 Å². The molecule has 7 nitrogen and oxygen atoms in total. The lowest BCUT2D eigenvalue weighted by Crippen LogP contribution is -2.02. The third kappa shape index (κ3) is 7.96. The van der Waals surface area contributed by atoms with Crippen molar-refractivity contribution < 1.29 is 0 Å². The maximum absolute atomic E-state index is 10.3. The molecule has 0 spiro atoms. The van der Waals surface area contributed by atoms with Crippen LogP contribution in [-0.4, -0.2) is 24.5 Å². The minimum absolute atomic E-state index is 0.564. The number of aromatic nitrogens is 5. The van der Waals surface area contributed by atoms with Crippen molar-refractivity contribution in [1.29, 1.82) is 5.26 Å². The average Bonchev–Trinajstić information content (AvgIpc) is 3.78. The molecule has 12 aromatic rings. The summed E-state index contributed by atoms with van der Waals surface area (Å²) in [5.74, 6) is 1.15. The third-order valence-electron chi connectivity index (χ3n) is 12.9. The number of nitriles is 1. The highest BCUT2D eigenvalue weighted by Gasteiger charge is 2.22. The second-order valence-corrected chi connectivity index (χ2v) is 17.2. The first-order chi connectivity index (χ1) is 35.1. The molecule has 0 unspecified atom stereocenters. The molecular formula is C64H39N7. The van der Waals surface area contributed by atoms with Crippen LogP contribution in [0, 0.1) is 17.9 Å². The molecule has 0 aliphatic rings. The van der Waals surface area contributed by atoms with Crippen molar-refractivity contribution in [3.63, 3.8) is 0 Å². The van der Waals surface area contributed by atoms with Crippen molar-refractivity contribution in [3.05, 3.63) is 254 Å². The van der Waals surface area contributed by atoms with Crippen molar-refractivity contribution in [3.8, 4) is 102 Å². The summed E-state index contributed by atoms with van der Waals surface area (Å²) in [6.45, 7) is 8.07. The second-order valence-electron chi connectivity index (χ2n) is 17.2. The van der Waals surface area contributed by atoms with E-state index in [9.17, 15) is 5.26 Å². The van der Waals surface area contributed by atoms with E-state index >= 15 is 0 Å². The Balaban J connectivity index is 1.19. The highest BCUT2D eigenvalue weighted by molar-refractivity contribution is 6.12. The van der Waals surface area contributed by atoms with Crippen LogP contribution in [0.15, 0.2) is 237 Å². The van der Waals surface area contributed by atoms with Gasteiger partial charge in [0, 0.05) is 44.2 Å². The van der Waals surface area contributed by atoms with E-state index in [0.29, 0.717) is 28.6 Å². The summed E-state index contributed by atoms with van der Waals surface area (Å²) in [7, 11) is 0. The monoisotopic (exact) mass is 905 g/mol. The summed E-state index contributed by atoms with van der Waals surface area (Å²) in [5.41, 5.74) is 15.9. The number of fused-ring (bicyclic) bond motifs is 3. The zero-order chi connectivity index (χ0) is 47.7. The van der Waals surface area contributed by atoms with Crippen LogP contribution in [0.3, 0.4) is 0 Å². The number of hydrogen-bond donors (Lipinski definition) is 0. The zero-order valence-electron chi connectivity index (χ0n) is 38.1. The van der Waals surface area contributed by atoms with Gasteiger partial charge in [-0.3, -0.25) is 0 Å². The molecule has 0 radical (unpaired) electrons. The van der Waals surface area contributed by atoms with Gasteiger partial charge < -0.3 is 4.57 Å². The van der Waals surface area contributed by atoms with Crippen LogP contribution in [0.5, 0.6) is 0 Å². The number of nitrogens with zero attached hydrogens (tertiary/aromatic N) is 7. The fraction of sp³-hybridized carbons (Fsp3) is 0. The van der Waals surface area contributed by atoms with Crippen molar-refractivity contribution >= 4 is 27.5 Å². The molecule has 12 rings (SSSR count). The molecule has 0 aliphatic carbocycles. The van der Waals surface area contributed by atoms with Gasteiger partial charge in [0.05, 0.1) is 57.7 Å². The van der Waals surface area contributed by atoms with Gasteiger partial charge in [-0.05, 0) is 70.8 Å². The molecule has 0 saturated carbocycles. The van der Waals surface area contributed by atoms with Crippen molar-refractivity contribution in [1.82, 2.24) is 24.5 Å². The fourth-order valence-corrected chi connectivity index (χ4v) is 9.48. The molecule has 0 atom stereocenters. The quantitative estimate of drug-likeness (QED) is 0.135. The van der Waals surface area contributed by atoms with Crippen LogP contribution >= 0.6 is 0 Å². The van der Waals surface area contributed by atoms with E-state index in [4.69, 9.17) is 26.5 Å².